The van der Waals surface area contributed by atoms with Crippen LogP contribution in [0.25, 0.3) is 0 Å². The van der Waals surface area contributed by atoms with E-state index in [4.69, 9.17) is 0 Å². The zero-order valence-corrected chi connectivity index (χ0v) is 12.6. The highest BCUT2D eigenvalue weighted by Gasteiger charge is 2.19. The SMILES string of the molecule is Cc1ccc(CCCC(=O)NC2CCNC(C)C2)cc1. The first-order chi connectivity index (χ1) is 9.63. The summed E-state index contributed by atoms with van der Waals surface area (Å²) in [6.07, 6.45) is 4.63. The molecule has 0 aliphatic carbocycles. The van der Waals surface area contributed by atoms with Crippen LogP contribution in [0, 0.1) is 6.92 Å². The van der Waals surface area contributed by atoms with E-state index in [-0.39, 0.29) is 5.91 Å². The number of nitrogens with one attached hydrogen (secondary N) is 2. The van der Waals surface area contributed by atoms with Crippen LogP contribution in [0.3, 0.4) is 0 Å². The average Bonchev–Trinajstić information content (AvgIpc) is 2.41. The van der Waals surface area contributed by atoms with Crippen molar-refractivity contribution in [3.63, 3.8) is 0 Å². The predicted octanol–water partition coefficient (Wildman–Crippen LogP) is 2.57. The molecule has 0 radical (unpaired) electrons. The monoisotopic (exact) mass is 274 g/mol. The Kier molecular flexibility index (Phi) is 5.60. The van der Waals surface area contributed by atoms with Gasteiger partial charge in [-0.25, -0.2) is 0 Å². The summed E-state index contributed by atoms with van der Waals surface area (Å²) in [5.74, 6) is 0.205. The van der Waals surface area contributed by atoms with Crippen LogP contribution in [0.2, 0.25) is 0 Å². The quantitative estimate of drug-likeness (QED) is 0.866. The van der Waals surface area contributed by atoms with Gasteiger partial charge in [0.25, 0.3) is 0 Å². The third-order valence-electron chi connectivity index (χ3n) is 3.98. The van der Waals surface area contributed by atoms with E-state index in [1.165, 1.54) is 11.1 Å². The smallest absolute Gasteiger partial charge is 0.220 e. The number of aryl methyl sites for hydroxylation is 2. The second-order valence-electron chi connectivity index (χ2n) is 5.98. The highest BCUT2D eigenvalue weighted by atomic mass is 16.1. The third kappa shape index (κ3) is 4.97. The normalized spacial score (nSPS) is 22.5. The summed E-state index contributed by atoms with van der Waals surface area (Å²) in [6, 6.07) is 9.45. The summed E-state index contributed by atoms with van der Waals surface area (Å²) in [6.45, 7) is 5.28. The average molecular weight is 274 g/mol. The van der Waals surface area contributed by atoms with Crippen molar-refractivity contribution in [2.45, 2.75) is 58.0 Å². The lowest BCUT2D eigenvalue weighted by Crippen LogP contribution is -2.46. The molecule has 2 rings (SSSR count). The second kappa shape index (κ2) is 7.44. The number of rotatable bonds is 5. The van der Waals surface area contributed by atoms with E-state index in [1.807, 2.05) is 0 Å². The van der Waals surface area contributed by atoms with Crippen molar-refractivity contribution in [3.05, 3.63) is 35.4 Å². The maximum atomic E-state index is 11.9. The predicted molar refractivity (Wildman–Crippen MR) is 82.7 cm³/mol. The first-order valence-corrected chi connectivity index (χ1v) is 7.72. The highest BCUT2D eigenvalue weighted by Crippen LogP contribution is 2.10. The van der Waals surface area contributed by atoms with Crippen molar-refractivity contribution in [2.75, 3.05) is 6.54 Å². The molecule has 1 saturated heterocycles. The van der Waals surface area contributed by atoms with Gasteiger partial charge in [0.2, 0.25) is 5.91 Å². The minimum absolute atomic E-state index is 0.205. The van der Waals surface area contributed by atoms with E-state index in [9.17, 15) is 4.79 Å². The van der Waals surface area contributed by atoms with Crippen LogP contribution in [-0.2, 0) is 11.2 Å². The Hall–Kier alpha value is -1.35. The molecule has 2 unspecified atom stereocenters. The molecular formula is C17H26N2O. The summed E-state index contributed by atoms with van der Waals surface area (Å²) in [4.78, 5) is 11.9. The Morgan fingerprint density at radius 3 is 2.80 bits per heavy atom. The van der Waals surface area contributed by atoms with Crippen LogP contribution in [0.4, 0.5) is 0 Å². The molecule has 1 fully saturated rings. The van der Waals surface area contributed by atoms with Gasteiger partial charge in [0.15, 0.2) is 0 Å². The largest absolute Gasteiger partial charge is 0.353 e. The minimum Gasteiger partial charge on any atom is -0.353 e. The molecule has 0 saturated carbocycles. The van der Waals surface area contributed by atoms with Crippen molar-refractivity contribution in [1.82, 2.24) is 10.6 Å². The van der Waals surface area contributed by atoms with Crippen LogP contribution >= 0.6 is 0 Å². The summed E-state index contributed by atoms with van der Waals surface area (Å²) in [5.41, 5.74) is 2.60. The van der Waals surface area contributed by atoms with Gasteiger partial charge in [0.05, 0.1) is 0 Å². The van der Waals surface area contributed by atoms with Crippen molar-refractivity contribution in [2.24, 2.45) is 0 Å². The van der Waals surface area contributed by atoms with Crippen LogP contribution in [0.5, 0.6) is 0 Å². The fourth-order valence-corrected chi connectivity index (χ4v) is 2.77. The minimum atomic E-state index is 0.205. The Morgan fingerprint density at radius 1 is 1.35 bits per heavy atom. The molecule has 1 aromatic carbocycles. The lowest BCUT2D eigenvalue weighted by atomic mass is 10.0. The number of hydrogen-bond acceptors (Lipinski definition) is 2. The fraction of sp³-hybridized carbons (Fsp3) is 0.588. The second-order valence-corrected chi connectivity index (χ2v) is 5.98. The molecule has 1 amide bonds. The van der Waals surface area contributed by atoms with Crippen LogP contribution in [0.15, 0.2) is 24.3 Å². The molecule has 110 valence electrons. The molecule has 1 aliphatic heterocycles. The molecule has 2 N–H and O–H groups in total. The van der Waals surface area contributed by atoms with E-state index >= 15 is 0 Å². The van der Waals surface area contributed by atoms with Crippen molar-refractivity contribution in [1.29, 1.82) is 0 Å². The third-order valence-corrected chi connectivity index (χ3v) is 3.98. The Bertz CT molecular complexity index is 427. The maximum absolute atomic E-state index is 11.9. The lowest BCUT2D eigenvalue weighted by Gasteiger charge is -2.28. The van der Waals surface area contributed by atoms with E-state index in [2.05, 4.69) is 48.7 Å². The van der Waals surface area contributed by atoms with Crippen LogP contribution in [0.1, 0.15) is 43.7 Å². The van der Waals surface area contributed by atoms with E-state index in [1.54, 1.807) is 0 Å². The topological polar surface area (TPSA) is 41.1 Å². The first-order valence-electron chi connectivity index (χ1n) is 7.72. The fourth-order valence-electron chi connectivity index (χ4n) is 2.77. The number of benzene rings is 1. The Morgan fingerprint density at radius 2 is 2.10 bits per heavy atom. The summed E-state index contributed by atoms with van der Waals surface area (Å²) in [7, 11) is 0. The molecule has 0 spiro atoms. The molecule has 3 nitrogen and oxygen atoms in total. The van der Waals surface area contributed by atoms with E-state index in [0.717, 1.165) is 32.2 Å². The van der Waals surface area contributed by atoms with Crippen molar-refractivity contribution < 1.29 is 4.79 Å². The summed E-state index contributed by atoms with van der Waals surface area (Å²) in [5, 5.41) is 6.57. The van der Waals surface area contributed by atoms with Gasteiger partial charge in [0, 0.05) is 18.5 Å². The highest BCUT2D eigenvalue weighted by molar-refractivity contribution is 5.76. The number of carbonyl (C=O) groups is 1. The summed E-state index contributed by atoms with van der Waals surface area (Å²) < 4.78 is 0. The van der Waals surface area contributed by atoms with Crippen molar-refractivity contribution >= 4 is 5.91 Å². The lowest BCUT2D eigenvalue weighted by molar-refractivity contribution is -0.122. The zero-order valence-electron chi connectivity index (χ0n) is 12.6. The van der Waals surface area contributed by atoms with Gasteiger partial charge in [-0.1, -0.05) is 29.8 Å². The van der Waals surface area contributed by atoms with Crippen LogP contribution in [-0.4, -0.2) is 24.5 Å². The molecule has 0 aromatic heterocycles. The molecule has 1 aromatic rings. The van der Waals surface area contributed by atoms with Crippen molar-refractivity contribution in [3.8, 4) is 0 Å². The number of hydrogen-bond donors (Lipinski definition) is 2. The number of piperidine rings is 1. The molecule has 20 heavy (non-hydrogen) atoms. The van der Waals surface area contributed by atoms with Gasteiger partial charge in [-0.15, -0.1) is 0 Å². The Labute approximate surface area is 122 Å². The van der Waals surface area contributed by atoms with Gasteiger partial charge >= 0.3 is 0 Å². The van der Waals surface area contributed by atoms with E-state index < -0.39 is 0 Å². The Balaban J connectivity index is 1.66. The first kappa shape index (κ1) is 15.0. The molecule has 0 bridgehead atoms. The number of carbonyl (C=O) groups excluding carboxylic acids is 1. The van der Waals surface area contributed by atoms with Gasteiger partial charge in [-0.2, -0.15) is 0 Å². The summed E-state index contributed by atoms with van der Waals surface area (Å²) >= 11 is 0. The zero-order chi connectivity index (χ0) is 14.4. The van der Waals surface area contributed by atoms with Crippen LogP contribution < -0.4 is 10.6 Å². The van der Waals surface area contributed by atoms with E-state index in [0.29, 0.717) is 18.5 Å². The van der Waals surface area contributed by atoms with Gasteiger partial charge < -0.3 is 10.6 Å². The van der Waals surface area contributed by atoms with Gasteiger partial charge in [0.1, 0.15) is 0 Å². The number of amides is 1. The standard InChI is InChI=1S/C17H26N2O/c1-13-6-8-15(9-7-13)4-3-5-17(20)19-16-10-11-18-14(2)12-16/h6-9,14,16,18H,3-5,10-12H2,1-2H3,(H,19,20). The molecular weight excluding hydrogens is 248 g/mol. The maximum Gasteiger partial charge on any atom is 0.220 e. The molecule has 2 atom stereocenters. The molecule has 3 heteroatoms. The van der Waals surface area contributed by atoms with Gasteiger partial charge in [-0.3, -0.25) is 4.79 Å². The molecule has 1 heterocycles. The molecule has 1 aliphatic rings. The van der Waals surface area contributed by atoms with Gasteiger partial charge in [-0.05, 0) is 51.6 Å².